The molecule has 1 fully saturated rings. The molecular weight excluding hydrogens is 328 g/mol. The summed E-state index contributed by atoms with van der Waals surface area (Å²) in [5.41, 5.74) is 2.06. The molecule has 0 aromatic heterocycles. The van der Waals surface area contributed by atoms with E-state index in [2.05, 4.69) is 4.90 Å². The average Bonchev–Trinajstić information content (AvgIpc) is 2.94. The van der Waals surface area contributed by atoms with Crippen molar-refractivity contribution in [2.45, 2.75) is 44.9 Å². The minimum absolute atomic E-state index is 0.143. The van der Waals surface area contributed by atoms with Gasteiger partial charge in [0.05, 0.1) is 5.69 Å². The number of nitrogens with zero attached hydrogens (tertiary/aromatic N) is 2. The van der Waals surface area contributed by atoms with Gasteiger partial charge in [-0.15, -0.1) is 0 Å². The number of ether oxygens (including phenoxy) is 1. The molecule has 2 aliphatic heterocycles. The van der Waals surface area contributed by atoms with Crippen LogP contribution in [0.1, 0.15) is 44.9 Å². The van der Waals surface area contributed by atoms with Crippen LogP contribution < -0.4 is 9.64 Å². The number of anilines is 1. The summed E-state index contributed by atoms with van der Waals surface area (Å²) >= 11 is 0. The molecule has 5 heteroatoms. The number of carbonyl (C=O) groups excluding carboxylic acids is 2. The van der Waals surface area contributed by atoms with Gasteiger partial charge in [-0.2, -0.15) is 0 Å². The van der Waals surface area contributed by atoms with E-state index in [1.807, 2.05) is 24.3 Å². The third-order valence-corrected chi connectivity index (χ3v) is 5.59. The van der Waals surface area contributed by atoms with Crippen molar-refractivity contribution in [2.75, 3.05) is 31.1 Å². The highest BCUT2D eigenvalue weighted by Gasteiger charge is 2.39. The number of benzene rings is 1. The Bertz CT molecular complexity index is 707. The van der Waals surface area contributed by atoms with Crippen LogP contribution in [0.4, 0.5) is 5.69 Å². The standard InChI is InChI=1S/C21H26N2O3/c24-20-18-9-2-3-10-19(18)21(25)23(20)16-7-6-8-17(15-16)26-14-13-22-11-4-1-5-12-22/h6-8,15H,1-5,9-14H2. The Morgan fingerprint density at radius 3 is 2.27 bits per heavy atom. The second kappa shape index (κ2) is 7.62. The van der Waals surface area contributed by atoms with Gasteiger partial charge in [-0.3, -0.25) is 14.5 Å². The Labute approximate surface area is 154 Å². The van der Waals surface area contributed by atoms with E-state index in [0.717, 1.165) is 56.5 Å². The second-order valence-corrected chi connectivity index (χ2v) is 7.36. The minimum atomic E-state index is -0.143. The van der Waals surface area contributed by atoms with E-state index in [4.69, 9.17) is 4.74 Å². The molecule has 1 saturated heterocycles. The van der Waals surface area contributed by atoms with E-state index < -0.39 is 0 Å². The number of hydrogen-bond donors (Lipinski definition) is 0. The summed E-state index contributed by atoms with van der Waals surface area (Å²) in [5, 5.41) is 0. The maximum Gasteiger partial charge on any atom is 0.261 e. The first kappa shape index (κ1) is 17.3. The molecule has 4 rings (SSSR count). The first-order valence-corrected chi connectivity index (χ1v) is 9.80. The van der Waals surface area contributed by atoms with Crippen molar-refractivity contribution in [3.8, 4) is 5.75 Å². The largest absolute Gasteiger partial charge is 0.492 e. The molecule has 0 N–H and O–H groups in total. The summed E-state index contributed by atoms with van der Waals surface area (Å²) in [6, 6.07) is 7.36. The normalized spacial score (nSPS) is 21.3. The van der Waals surface area contributed by atoms with E-state index >= 15 is 0 Å². The zero-order chi connectivity index (χ0) is 17.9. The highest BCUT2D eigenvalue weighted by atomic mass is 16.5. The van der Waals surface area contributed by atoms with Crippen molar-refractivity contribution in [2.24, 2.45) is 0 Å². The van der Waals surface area contributed by atoms with Gasteiger partial charge in [0.2, 0.25) is 0 Å². The predicted molar refractivity (Wildman–Crippen MR) is 100 cm³/mol. The molecule has 138 valence electrons. The number of hydrogen-bond acceptors (Lipinski definition) is 4. The fourth-order valence-electron chi connectivity index (χ4n) is 4.16. The Kier molecular flexibility index (Phi) is 5.07. The Hall–Kier alpha value is -2.14. The highest BCUT2D eigenvalue weighted by molar-refractivity contribution is 6.33. The van der Waals surface area contributed by atoms with Gasteiger partial charge in [0.15, 0.2) is 0 Å². The van der Waals surface area contributed by atoms with Gasteiger partial charge in [-0.1, -0.05) is 12.5 Å². The highest BCUT2D eigenvalue weighted by Crippen LogP contribution is 2.36. The predicted octanol–water partition coefficient (Wildman–Crippen LogP) is 3.30. The molecule has 5 nitrogen and oxygen atoms in total. The molecule has 0 spiro atoms. The minimum Gasteiger partial charge on any atom is -0.492 e. The van der Waals surface area contributed by atoms with E-state index in [-0.39, 0.29) is 11.8 Å². The summed E-state index contributed by atoms with van der Waals surface area (Å²) in [7, 11) is 0. The van der Waals surface area contributed by atoms with Gasteiger partial charge in [0, 0.05) is 23.8 Å². The van der Waals surface area contributed by atoms with E-state index in [0.29, 0.717) is 18.0 Å². The zero-order valence-electron chi connectivity index (χ0n) is 15.2. The number of carbonyl (C=O) groups is 2. The van der Waals surface area contributed by atoms with Crippen molar-refractivity contribution in [3.63, 3.8) is 0 Å². The third-order valence-electron chi connectivity index (χ3n) is 5.59. The van der Waals surface area contributed by atoms with Crippen molar-refractivity contribution >= 4 is 17.5 Å². The lowest BCUT2D eigenvalue weighted by atomic mass is 9.93. The van der Waals surface area contributed by atoms with E-state index in [1.165, 1.54) is 24.2 Å². The maximum atomic E-state index is 12.7. The molecule has 1 aromatic rings. The van der Waals surface area contributed by atoms with Crippen molar-refractivity contribution in [3.05, 3.63) is 35.4 Å². The molecule has 26 heavy (non-hydrogen) atoms. The van der Waals surface area contributed by atoms with Crippen molar-refractivity contribution in [1.29, 1.82) is 0 Å². The second-order valence-electron chi connectivity index (χ2n) is 7.36. The zero-order valence-corrected chi connectivity index (χ0v) is 15.2. The van der Waals surface area contributed by atoms with Crippen LogP contribution in [0.25, 0.3) is 0 Å². The Morgan fingerprint density at radius 2 is 1.58 bits per heavy atom. The lowest BCUT2D eigenvalue weighted by molar-refractivity contribution is -0.120. The van der Waals surface area contributed by atoms with Crippen LogP contribution in [0.5, 0.6) is 5.75 Å². The summed E-state index contributed by atoms with van der Waals surface area (Å²) < 4.78 is 5.89. The van der Waals surface area contributed by atoms with Crippen LogP contribution in [0.2, 0.25) is 0 Å². The molecular formula is C21H26N2O3. The number of amides is 2. The number of likely N-dealkylation sites (tertiary alicyclic amines) is 1. The van der Waals surface area contributed by atoms with Crippen LogP contribution in [0, 0.1) is 0 Å². The lowest BCUT2D eigenvalue weighted by Gasteiger charge is -2.26. The quantitative estimate of drug-likeness (QED) is 0.762. The SMILES string of the molecule is O=C1C2=C(CCCC2)C(=O)N1c1cccc(OCCN2CCCCC2)c1. The fraction of sp³-hybridized carbons (Fsp3) is 0.524. The van der Waals surface area contributed by atoms with Crippen LogP contribution >= 0.6 is 0 Å². The summed E-state index contributed by atoms with van der Waals surface area (Å²) in [4.78, 5) is 29.1. The van der Waals surface area contributed by atoms with Gasteiger partial charge >= 0.3 is 0 Å². The van der Waals surface area contributed by atoms with Gasteiger partial charge in [-0.05, 0) is 63.7 Å². The molecule has 2 amide bonds. The topological polar surface area (TPSA) is 49.9 Å². The summed E-state index contributed by atoms with van der Waals surface area (Å²) in [6.07, 6.45) is 7.30. The van der Waals surface area contributed by atoms with Crippen LogP contribution in [0.3, 0.4) is 0 Å². The average molecular weight is 354 g/mol. The monoisotopic (exact) mass is 354 g/mol. The number of piperidine rings is 1. The molecule has 1 aliphatic carbocycles. The summed E-state index contributed by atoms with van der Waals surface area (Å²) in [6.45, 7) is 3.84. The van der Waals surface area contributed by atoms with Crippen molar-refractivity contribution < 1.29 is 14.3 Å². The van der Waals surface area contributed by atoms with Gasteiger partial charge in [0.1, 0.15) is 12.4 Å². The van der Waals surface area contributed by atoms with Gasteiger partial charge in [-0.25, -0.2) is 4.90 Å². The van der Waals surface area contributed by atoms with Gasteiger partial charge in [0.25, 0.3) is 11.8 Å². The molecule has 0 unspecified atom stereocenters. The fourth-order valence-corrected chi connectivity index (χ4v) is 4.16. The molecule has 1 aromatic carbocycles. The Morgan fingerprint density at radius 1 is 0.885 bits per heavy atom. The van der Waals surface area contributed by atoms with Crippen LogP contribution in [-0.4, -0.2) is 43.0 Å². The van der Waals surface area contributed by atoms with Crippen molar-refractivity contribution in [1.82, 2.24) is 4.90 Å². The first-order valence-electron chi connectivity index (χ1n) is 9.80. The maximum absolute atomic E-state index is 12.7. The van der Waals surface area contributed by atoms with Gasteiger partial charge < -0.3 is 4.74 Å². The molecule has 0 saturated carbocycles. The number of rotatable bonds is 5. The smallest absolute Gasteiger partial charge is 0.261 e. The van der Waals surface area contributed by atoms with E-state index in [9.17, 15) is 9.59 Å². The molecule has 3 aliphatic rings. The molecule has 0 atom stereocenters. The molecule has 0 radical (unpaired) electrons. The van der Waals surface area contributed by atoms with E-state index in [1.54, 1.807) is 0 Å². The Balaban J connectivity index is 1.41. The first-order chi connectivity index (χ1) is 12.7. The summed E-state index contributed by atoms with van der Waals surface area (Å²) in [5.74, 6) is 0.426. The molecule has 2 heterocycles. The number of imide groups is 1. The third kappa shape index (κ3) is 3.40. The van der Waals surface area contributed by atoms with Crippen LogP contribution in [0.15, 0.2) is 35.4 Å². The van der Waals surface area contributed by atoms with Crippen LogP contribution in [-0.2, 0) is 9.59 Å². The molecule has 0 bridgehead atoms. The lowest BCUT2D eigenvalue weighted by Crippen LogP contribution is -2.33.